The van der Waals surface area contributed by atoms with E-state index in [0.29, 0.717) is 25.2 Å². The minimum atomic E-state index is -4.57. The minimum absolute atomic E-state index is 0.00176. The van der Waals surface area contributed by atoms with Crippen LogP contribution in [0.4, 0.5) is 19.0 Å². The van der Waals surface area contributed by atoms with Crippen molar-refractivity contribution >= 4 is 17.4 Å². The van der Waals surface area contributed by atoms with E-state index in [-0.39, 0.29) is 29.7 Å². The van der Waals surface area contributed by atoms with Gasteiger partial charge in [-0.2, -0.15) is 13.2 Å². The van der Waals surface area contributed by atoms with Crippen molar-refractivity contribution in [3.63, 3.8) is 0 Å². The lowest BCUT2D eigenvalue weighted by molar-refractivity contribution is -0.141. The maximum Gasteiger partial charge on any atom is 0.435 e. The van der Waals surface area contributed by atoms with Crippen molar-refractivity contribution in [3.8, 4) is 0 Å². The summed E-state index contributed by atoms with van der Waals surface area (Å²) in [5, 5.41) is 7.02. The first-order chi connectivity index (χ1) is 11.8. The molecule has 1 atom stereocenters. The number of imidazole rings is 1. The van der Waals surface area contributed by atoms with Gasteiger partial charge < -0.3 is 10.2 Å². The van der Waals surface area contributed by atoms with E-state index >= 15 is 0 Å². The molecule has 0 aromatic carbocycles. The zero-order valence-electron chi connectivity index (χ0n) is 14.1. The Morgan fingerprint density at radius 1 is 1.36 bits per heavy atom. The van der Waals surface area contributed by atoms with E-state index < -0.39 is 11.9 Å². The van der Waals surface area contributed by atoms with Crippen LogP contribution >= 0.6 is 0 Å². The van der Waals surface area contributed by atoms with Gasteiger partial charge in [-0.3, -0.25) is 4.79 Å². The SMILES string of the molecule is CCC(Cc1c(C(F)(F)F)nc2ccc(NC)nn12)N1CCCC1=O. The molecule has 3 rings (SSSR count). The van der Waals surface area contributed by atoms with E-state index in [9.17, 15) is 18.0 Å². The Hall–Kier alpha value is -2.32. The molecular formula is C16H20F3N5O. The Labute approximate surface area is 143 Å². The lowest BCUT2D eigenvalue weighted by Crippen LogP contribution is -2.38. The van der Waals surface area contributed by atoms with Crippen molar-refractivity contribution in [2.24, 2.45) is 0 Å². The van der Waals surface area contributed by atoms with Gasteiger partial charge in [0.05, 0.1) is 5.69 Å². The molecule has 0 radical (unpaired) electrons. The van der Waals surface area contributed by atoms with E-state index in [1.165, 1.54) is 10.6 Å². The van der Waals surface area contributed by atoms with Gasteiger partial charge in [0.25, 0.3) is 0 Å². The third kappa shape index (κ3) is 3.27. The summed E-state index contributed by atoms with van der Waals surface area (Å²) in [4.78, 5) is 17.4. The van der Waals surface area contributed by atoms with Gasteiger partial charge in [0.1, 0.15) is 5.82 Å². The van der Waals surface area contributed by atoms with Crippen molar-refractivity contribution in [2.75, 3.05) is 18.9 Å². The molecule has 1 aliphatic heterocycles. The number of hydrogen-bond acceptors (Lipinski definition) is 4. The van der Waals surface area contributed by atoms with Crippen LogP contribution in [0.25, 0.3) is 5.65 Å². The first-order valence-corrected chi connectivity index (χ1v) is 8.28. The molecule has 0 aliphatic carbocycles. The zero-order valence-corrected chi connectivity index (χ0v) is 14.1. The van der Waals surface area contributed by atoms with Crippen LogP contribution in [0.15, 0.2) is 12.1 Å². The van der Waals surface area contributed by atoms with E-state index in [4.69, 9.17) is 0 Å². The van der Waals surface area contributed by atoms with E-state index in [0.717, 1.165) is 6.42 Å². The molecule has 1 N–H and O–H groups in total. The van der Waals surface area contributed by atoms with Crippen LogP contribution in [0.2, 0.25) is 0 Å². The molecule has 0 spiro atoms. The summed E-state index contributed by atoms with van der Waals surface area (Å²) in [6.45, 7) is 2.46. The number of rotatable bonds is 5. The van der Waals surface area contributed by atoms with Gasteiger partial charge in [0.15, 0.2) is 11.3 Å². The van der Waals surface area contributed by atoms with E-state index in [2.05, 4.69) is 15.4 Å². The first kappa shape index (κ1) is 17.5. The Balaban J connectivity index is 2.06. The predicted octanol–water partition coefficient (Wildman–Crippen LogP) is 2.73. The van der Waals surface area contributed by atoms with Crippen LogP contribution in [-0.2, 0) is 17.4 Å². The maximum absolute atomic E-state index is 13.5. The van der Waals surface area contributed by atoms with Gasteiger partial charge in [-0.25, -0.2) is 9.50 Å². The highest BCUT2D eigenvalue weighted by molar-refractivity contribution is 5.78. The number of aromatic nitrogens is 3. The number of fused-ring (bicyclic) bond motifs is 1. The standard InChI is InChI=1S/C16H20F3N5O/c1-3-10(23-8-4-5-14(23)25)9-11-15(16(17,18)19)21-13-7-6-12(20-2)22-24(11)13/h6-7,10H,3-5,8-9H2,1-2H3,(H,20,22). The number of alkyl halides is 3. The zero-order chi connectivity index (χ0) is 18.2. The van der Waals surface area contributed by atoms with E-state index in [1.807, 2.05) is 6.92 Å². The average Bonchev–Trinajstić information content (AvgIpc) is 3.15. The number of nitrogens with zero attached hydrogens (tertiary/aromatic N) is 4. The number of carbonyl (C=O) groups is 1. The number of carbonyl (C=O) groups excluding carboxylic acids is 1. The summed E-state index contributed by atoms with van der Waals surface area (Å²) in [6, 6.07) is 2.78. The highest BCUT2D eigenvalue weighted by Gasteiger charge is 2.39. The van der Waals surface area contributed by atoms with Crippen LogP contribution in [-0.4, -0.2) is 45.0 Å². The highest BCUT2D eigenvalue weighted by Crippen LogP contribution is 2.33. The number of halogens is 3. The van der Waals surface area contributed by atoms with Crippen LogP contribution in [0.5, 0.6) is 0 Å². The molecular weight excluding hydrogens is 335 g/mol. The second-order valence-electron chi connectivity index (χ2n) is 6.10. The molecule has 0 bridgehead atoms. The number of hydrogen-bond donors (Lipinski definition) is 1. The molecule has 25 heavy (non-hydrogen) atoms. The van der Waals surface area contributed by atoms with Crippen LogP contribution in [0, 0.1) is 0 Å². The van der Waals surface area contributed by atoms with Gasteiger partial charge in [0, 0.05) is 32.5 Å². The number of amides is 1. The monoisotopic (exact) mass is 355 g/mol. The fourth-order valence-electron chi connectivity index (χ4n) is 3.28. The summed E-state index contributed by atoms with van der Waals surface area (Å²) in [6.07, 6.45) is -2.73. The lowest BCUT2D eigenvalue weighted by Gasteiger charge is -2.27. The van der Waals surface area contributed by atoms with Crippen molar-refractivity contribution in [1.29, 1.82) is 0 Å². The largest absolute Gasteiger partial charge is 0.435 e. The molecule has 2 aromatic rings. The van der Waals surface area contributed by atoms with Gasteiger partial charge in [-0.05, 0) is 25.0 Å². The first-order valence-electron chi connectivity index (χ1n) is 8.28. The number of anilines is 1. The summed E-state index contributed by atoms with van der Waals surface area (Å²) in [7, 11) is 1.65. The molecule has 2 aromatic heterocycles. The quantitative estimate of drug-likeness (QED) is 0.896. The van der Waals surface area contributed by atoms with Crippen molar-refractivity contribution in [1.82, 2.24) is 19.5 Å². The molecule has 3 heterocycles. The lowest BCUT2D eigenvalue weighted by atomic mass is 10.1. The summed E-state index contributed by atoms with van der Waals surface area (Å²) >= 11 is 0. The Morgan fingerprint density at radius 3 is 2.68 bits per heavy atom. The van der Waals surface area contributed by atoms with Crippen molar-refractivity contribution < 1.29 is 18.0 Å². The highest BCUT2D eigenvalue weighted by atomic mass is 19.4. The molecule has 1 amide bonds. The van der Waals surface area contributed by atoms with Gasteiger partial charge in [0.2, 0.25) is 5.91 Å². The number of likely N-dealkylation sites (tertiary alicyclic amines) is 1. The van der Waals surface area contributed by atoms with Crippen LogP contribution in [0.1, 0.15) is 37.6 Å². The molecule has 6 nitrogen and oxygen atoms in total. The second-order valence-corrected chi connectivity index (χ2v) is 6.10. The molecule has 0 saturated carbocycles. The number of nitrogens with one attached hydrogen (secondary N) is 1. The third-order valence-electron chi connectivity index (χ3n) is 4.55. The van der Waals surface area contributed by atoms with Crippen molar-refractivity contribution in [3.05, 3.63) is 23.5 Å². The normalized spacial score (nSPS) is 16.7. The van der Waals surface area contributed by atoms with Gasteiger partial charge in [-0.1, -0.05) is 6.92 Å². The molecule has 1 fully saturated rings. The molecule has 9 heteroatoms. The predicted molar refractivity (Wildman–Crippen MR) is 86.3 cm³/mol. The Kier molecular flexibility index (Phi) is 4.57. The fraction of sp³-hybridized carbons (Fsp3) is 0.562. The molecule has 1 unspecified atom stereocenters. The second kappa shape index (κ2) is 6.53. The smallest absolute Gasteiger partial charge is 0.372 e. The van der Waals surface area contributed by atoms with Gasteiger partial charge in [-0.15, -0.1) is 5.10 Å². The molecule has 1 aliphatic rings. The van der Waals surface area contributed by atoms with Crippen molar-refractivity contribution in [2.45, 2.75) is 44.8 Å². The molecule has 136 valence electrons. The fourth-order valence-corrected chi connectivity index (χ4v) is 3.28. The topological polar surface area (TPSA) is 62.5 Å². The maximum atomic E-state index is 13.5. The summed E-state index contributed by atoms with van der Waals surface area (Å²) < 4.78 is 41.7. The van der Waals surface area contributed by atoms with Gasteiger partial charge >= 0.3 is 6.18 Å². The van der Waals surface area contributed by atoms with Crippen LogP contribution < -0.4 is 5.32 Å². The minimum Gasteiger partial charge on any atom is -0.372 e. The summed E-state index contributed by atoms with van der Waals surface area (Å²) in [5.74, 6) is 0.447. The van der Waals surface area contributed by atoms with E-state index in [1.54, 1.807) is 18.0 Å². The molecule has 1 saturated heterocycles. The third-order valence-corrected chi connectivity index (χ3v) is 4.55. The summed E-state index contributed by atoms with van der Waals surface area (Å²) in [5.41, 5.74) is -0.798. The Bertz CT molecular complexity index is 786. The van der Waals surface area contributed by atoms with Crippen LogP contribution in [0.3, 0.4) is 0 Å². The Morgan fingerprint density at radius 2 is 2.12 bits per heavy atom. The average molecular weight is 355 g/mol.